The molecule has 4 heterocycles. The molecule has 0 fully saturated rings. The van der Waals surface area contributed by atoms with Gasteiger partial charge in [0.25, 0.3) is 0 Å². The van der Waals surface area contributed by atoms with E-state index in [4.69, 9.17) is 11.6 Å². The van der Waals surface area contributed by atoms with Crippen LogP contribution in [0.25, 0.3) is 0 Å². The molecule has 0 amide bonds. The van der Waals surface area contributed by atoms with Gasteiger partial charge in [0.2, 0.25) is 0 Å². The normalized spacial score (nSPS) is 21.9. The molecule has 0 spiro atoms. The first-order chi connectivity index (χ1) is 13.2. The minimum Gasteiger partial charge on any atom is -0.365 e. The Balaban J connectivity index is 1.37. The predicted octanol–water partition coefficient (Wildman–Crippen LogP) is 5.57. The maximum atomic E-state index is 6.50. The van der Waals surface area contributed by atoms with Gasteiger partial charge in [0.1, 0.15) is 0 Å². The molecule has 2 aromatic heterocycles. The standard InChI is InChI=1S/C20H21ClN4S2/c1-13(19-10-15(21)20(27-19)17-7-9-23-12-25-17)2-3-14-4-5-18(26-14)16-6-8-22-11-24-16/h4-13,16-17H,2-3H2,1H3,(H,22,24)(H,23,25). The minimum absolute atomic E-state index is 0.125. The molecule has 2 aromatic rings. The van der Waals surface area contributed by atoms with Gasteiger partial charge in [0.05, 0.1) is 29.8 Å². The van der Waals surface area contributed by atoms with Crippen molar-refractivity contribution in [1.82, 2.24) is 10.6 Å². The first kappa shape index (κ1) is 18.5. The van der Waals surface area contributed by atoms with Crippen molar-refractivity contribution in [2.24, 2.45) is 9.98 Å². The molecule has 7 heteroatoms. The van der Waals surface area contributed by atoms with Crippen LogP contribution in [0.15, 0.2) is 52.7 Å². The number of hydrogen-bond donors (Lipinski definition) is 2. The first-order valence-corrected chi connectivity index (χ1v) is 11.0. The van der Waals surface area contributed by atoms with Crippen molar-refractivity contribution in [2.75, 3.05) is 0 Å². The van der Waals surface area contributed by atoms with Crippen molar-refractivity contribution < 1.29 is 0 Å². The lowest BCUT2D eigenvalue weighted by atomic mass is 10.0. The summed E-state index contributed by atoms with van der Waals surface area (Å²) in [5, 5.41) is 7.37. The zero-order valence-corrected chi connectivity index (χ0v) is 17.3. The van der Waals surface area contributed by atoms with Gasteiger partial charge in [-0.3, -0.25) is 0 Å². The molecule has 0 aliphatic carbocycles. The van der Waals surface area contributed by atoms with Crippen LogP contribution in [0.4, 0.5) is 0 Å². The van der Waals surface area contributed by atoms with Crippen LogP contribution in [0.3, 0.4) is 0 Å². The van der Waals surface area contributed by atoms with Crippen molar-refractivity contribution in [3.05, 3.63) is 67.3 Å². The molecule has 0 bridgehead atoms. The fourth-order valence-corrected chi connectivity index (χ4v) is 5.77. The van der Waals surface area contributed by atoms with Gasteiger partial charge >= 0.3 is 0 Å². The van der Waals surface area contributed by atoms with Gasteiger partial charge in [0.15, 0.2) is 0 Å². The number of halogens is 1. The van der Waals surface area contributed by atoms with Crippen LogP contribution >= 0.6 is 34.3 Å². The molecule has 140 valence electrons. The van der Waals surface area contributed by atoms with E-state index in [1.807, 2.05) is 29.8 Å². The van der Waals surface area contributed by atoms with E-state index in [9.17, 15) is 0 Å². The molecule has 4 nitrogen and oxygen atoms in total. The highest BCUT2D eigenvalue weighted by atomic mass is 35.5. The van der Waals surface area contributed by atoms with E-state index in [1.165, 1.54) is 14.6 Å². The molecule has 3 atom stereocenters. The van der Waals surface area contributed by atoms with E-state index < -0.39 is 0 Å². The van der Waals surface area contributed by atoms with E-state index in [1.54, 1.807) is 24.0 Å². The SMILES string of the molecule is CC(CCc1ccc(C2C=CN=CN2)s1)c1cc(Cl)c(C2C=CN=CN2)s1. The second-order valence-corrected chi connectivity index (χ2v) is 9.36. The van der Waals surface area contributed by atoms with Gasteiger partial charge in [-0.05, 0) is 49.1 Å². The maximum absolute atomic E-state index is 6.50. The lowest BCUT2D eigenvalue weighted by Gasteiger charge is -2.14. The Labute approximate surface area is 172 Å². The zero-order valence-electron chi connectivity index (χ0n) is 14.9. The van der Waals surface area contributed by atoms with Gasteiger partial charge in [-0.15, -0.1) is 22.7 Å². The van der Waals surface area contributed by atoms with Crippen LogP contribution in [0.2, 0.25) is 5.02 Å². The smallest absolute Gasteiger partial charge is 0.0886 e. The topological polar surface area (TPSA) is 48.8 Å². The first-order valence-electron chi connectivity index (χ1n) is 8.97. The van der Waals surface area contributed by atoms with Gasteiger partial charge in [-0.25, -0.2) is 9.98 Å². The molecule has 2 aliphatic heterocycles. The lowest BCUT2D eigenvalue weighted by molar-refractivity contribution is 0.696. The zero-order chi connectivity index (χ0) is 18.6. The number of nitrogens with zero attached hydrogens (tertiary/aromatic N) is 2. The monoisotopic (exact) mass is 416 g/mol. The van der Waals surface area contributed by atoms with E-state index in [-0.39, 0.29) is 12.1 Å². The molecule has 2 aliphatic rings. The number of aryl methyl sites for hydroxylation is 1. The molecule has 0 radical (unpaired) electrons. The number of nitrogens with one attached hydrogen (secondary N) is 2. The van der Waals surface area contributed by atoms with Gasteiger partial charge < -0.3 is 10.6 Å². The number of hydrogen-bond acceptors (Lipinski definition) is 6. The Morgan fingerprint density at radius 1 is 1.07 bits per heavy atom. The summed E-state index contributed by atoms with van der Waals surface area (Å²) in [6.45, 7) is 2.29. The third-order valence-corrected chi connectivity index (χ3v) is 7.80. The molecule has 0 saturated carbocycles. The molecule has 2 N–H and O–H groups in total. The van der Waals surface area contributed by atoms with Gasteiger partial charge in [-0.2, -0.15) is 0 Å². The summed E-state index contributed by atoms with van der Waals surface area (Å²) in [4.78, 5) is 13.4. The summed E-state index contributed by atoms with van der Waals surface area (Å²) in [6.07, 6.45) is 13.5. The Bertz CT molecular complexity index is 909. The molecular formula is C20H21ClN4S2. The fourth-order valence-electron chi connectivity index (χ4n) is 3.11. The summed E-state index contributed by atoms with van der Waals surface area (Å²) in [6, 6.07) is 6.96. The third kappa shape index (κ3) is 4.34. The number of thiophene rings is 2. The van der Waals surface area contributed by atoms with Crippen LogP contribution in [0, 0.1) is 0 Å². The summed E-state index contributed by atoms with van der Waals surface area (Å²) < 4.78 is 0. The van der Waals surface area contributed by atoms with E-state index in [0.717, 1.165) is 22.7 Å². The average Bonchev–Trinajstić information content (AvgIpc) is 3.34. The predicted molar refractivity (Wildman–Crippen MR) is 117 cm³/mol. The quantitative estimate of drug-likeness (QED) is 0.646. The Morgan fingerprint density at radius 2 is 1.81 bits per heavy atom. The van der Waals surface area contributed by atoms with Crippen molar-refractivity contribution in [1.29, 1.82) is 0 Å². The van der Waals surface area contributed by atoms with Crippen molar-refractivity contribution in [2.45, 2.75) is 37.8 Å². The highest BCUT2D eigenvalue weighted by Gasteiger charge is 2.19. The minimum atomic E-state index is 0.125. The van der Waals surface area contributed by atoms with Crippen molar-refractivity contribution >= 4 is 47.0 Å². The molecular weight excluding hydrogens is 396 g/mol. The van der Waals surface area contributed by atoms with Crippen LogP contribution in [-0.4, -0.2) is 12.7 Å². The van der Waals surface area contributed by atoms with Crippen LogP contribution in [-0.2, 0) is 6.42 Å². The van der Waals surface area contributed by atoms with Crippen molar-refractivity contribution in [3.63, 3.8) is 0 Å². The fraction of sp³-hybridized carbons (Fsp3) is 0.300. The largest absolute Gasteiger partial charge is 0.365 e. The Hall–Kier alpha value is -1.89. The Kier molecular flexibility index (Phi) is 5.76. The number of aliphatic imine (C=N–C) groups is 2. The maximum Gasteiger partial charge on any atom is 0.0886 e. The van der Waals surface area contributed by atoms with E-state index in [2.05, 4.69) is 51.8 Å². The summed E-state index contributed by atoms with van der Waals surface area (Å²) in [5.41, 5.74) is 0. The molecule has 0 aromatic carbocycles. The van der Waals surface area contributed by atoms with Gasteiger partial charge in [0, 0.05) is 31.9 Å². The lowest BCUT2D eigenvalue weighted by Crippen LogP contribution is -2.18. The highest BCUT2D eigenvalue weighted by Crippen LogP contribution is 2.38. The highest BCUT2D eigenvalue weighted by molar-refractivity contribution is 7.13. The third-order valence-electron chi connectivity index (χ3n) is 4.70. The van der Waals surface area contributed by atoms with Gasteiger partial charge in [-0.1, -0.05) is 18.5 Å². The Morgan fingerprint density at radius 3 is 2.52 bits per heavy atom. The van der Waals surface area contributed by atoms with Crippen LogP contribution in [0.1, 0.15) is 50.9 Å². The average molecular weight is 417 g/mol. The summed E-state index contributed by atoms with van der Waals surface area (Å²) in [5.74, 6) is 0.480. The van der Waals surface area contributed by atoms with E-state index in [0.29, 0.717) is 5.92 Å². The second-order valence-electron chi connectivity index (χ2n) is 6.63. The number of rotatable bonds is 6. The van der Waals surface area contributed by atoms with Crippen LogP contribution in [0.5, 0.6) is 0 Å². The summed E-state index contributed by atoms with van der Waals surface area (Å²) in [7, 11) is 0. The summed E-state index contributed by atoms with van der Waals surface area (Å²) >= 11 is 10.2. The molecule has 3 unspecified atom stereocenters. The molecule has 27 heavy (non-hydrogen) atoms. The second kappa shape index (κ2) is 8.42. The molecule has 4 rings (SSSR count). The van der Waals surface area contributed by atoms with Crippen LogP contribution < -0.4 is 10.6 Å². The van der Waals surface area contributed by atoms with E-state index >= 15 is 0 Å². The van der Waals surface area contributed by atoms with Crippen molar-refractivity contribution in [3.8, 4) is 0 Å². The molecule has 0 saturated heterocycles.